The Bertz CT molecular complexity index is 1450. The van der Waals surface area contributed by atoms with Gasteiger partial charge in [0.25, 0.3) is 5.91 Å². The molecule has 4 N–H and O–H groups in total. The molecule has 2 aliphatic heterocycles. The van der Waals surface area contributed by atoms with Crippen LogP contribution in [-0.4, -0.2) is 60.2 Å². The third-order valence-electron chi connectivity index (χ3n) is 6.53. The van der Waals surface area contributed by atoms with Gasteiger partial charge in [0.05, 0.1) is 28.5 Å². The van der Waals surface area contributed by atoms with Gasteiger partial charge < -0.3 is 20.8 Å². The summed E-state index contributed by atoms with van der Waals surface area (Å²) in [5, 5.41) is 20.0. The summed E-state index contributed by atoms with van der Waals surface area (Å²) < 4.78 is 3.16. The molecule has 0 aromatic carbocycles. The minimum Gasteiger partial charge on any atom is -0.477 e. The summed E-state index contributed by atoms with van der Waals surface area (Å²) in [7, 11) is 0. The Morgan fingerprint density at radius 3 is 2.74 bits per heavy atom. The first-order valence-corrected chi connectivity index (χ1v) is 11.7. The van der Waals surface area contributed by atoms with Crippen LogP contribution in [-0.2, 0) is 20.9 Å². The zero-order valence-electron chi connectivity index (χ0n) is 18.8. The SMILES string of the molecule is C[C@@H]1C(c2cn3cnc(C(=O)c4ccc[n+](CC(N)=O)c4)c3s2)=C(C(=O)O)N2C(=O)[C@H]([C@@H](C)O)[C@H]12. The number of aliphatic carboxylic acids is 1. The quantitative estimate of drug-likeness (QED) is 0.237. The summed E-state index contributed by atoms with van der Waals surface area (Å²) in [5.41, 5.74) is 6.14. The number of carbonyl (C=O) groups excluding carboxylic acids is 3. The number of nitrogens with zero attached hydrogens (tertiary/aromatic N) is 4. The van der Waals surface area contributed by atoms with E-state index in [1.54, 1.807) is 28.9 Å². The lowest BCUT2D eigenvalue weighted by atomic mass is 9.77. The van der Waals surface area contributed by atoms with Crippen molar-refractivity contribution in [3.63, 3.8) is 0 Å². The number of carboxylic acid groups (broad SMARTS) is 1. The third kappa shape index (κ3) is 3.44. The Balaban J connectivity index is 1.54. The number of aliphatic hydroxyl groups is 1. The number of hydrogen-bond donors (Lipinski definition) is 3. The van der Waals surface area contributed by atoms with Crippen molar-refractivity contribution in [2.24, 2.45) is 17.6 Å². The molecular formula is C23H22N5O6S+. The second kappa shape index (κ2) is 8.10. The lowest BCUT2D eigenvalue weighted by Crippen LogP contribution is -2.63. The molecule has 0 saturated carbocycles. The Morgan fingerprint density at radius 1 is 1.34 bits per heavy atom. The van der Waals surface area contributed by atoms with Gasteiger partial charge in [0.2, 0.25) is 18.2 Å². The Morgan fingerprint density at radius 2 is 2.09 bits per heavy atom. The van der Waals surface area contributed by atoms with Crippen LogP contribution in [0.5, 0.6) is 0 Å². The fourth-order valence-electron chi connectivity index (χ4n) is 5.04. The molecule has 5 heterocycles. The molecule has 4 atom stereocenters. The molecule has 0 radical (unpaired) electrons. The molecule has 3 aromatic rings. The van der Waals surface area contributed by atoms with E-state index >= 15 is 0 Å². The number of thiazole rings is 1. The molecule has 1 fully saturated rings. The standard InChI is InChI=1S/C23H21N5O6S/c1-10-15(19(23(33)34)28-18(10)16(11(2)29)21(28)32)13-7-27-9-25-17(22(27)35-13)20(31)12-4-3-5-26(6-12)8-14(24)30/h3-7,9-11,16,18,29H,8H2,1-2H3,(H2-,24,30,33,34)/p+1/t10-,11-,16-,18+/m1/s1. The number of aliphatic hydroxyl groups excluding tert-OH is 1. The van der Waals surface area contributed by atoms with Gasteiger partial charge in [-0.1, -0.05) is 6.92 Å². The highest BCUT2D eigenvalue weighted by Gasteiger charge is 2.60. The van der Waals surface area contributed by atoms with Crippen LogP contribution in [0.3, 0.4) is 0 Å². The van der Waals surface area contributed by atoms with E-state index in [0.717, 1.165) is 0 Å². The normalized spacial score (nSPS) is 22.3. The fourth-order valence-corrected chi connectivity index (χ4v) is 6.26. The highest BCUT2D eigenvalue weighted by Crippen LogP contribution is 2.51. The number of carboxylic acids is 1. The number of fused-ring (bicyclic) bond motifs is 2. The van der Waals surface area contributed by atoms with Crippen LogP contribution in [0.25, 0.3) is 10.4 Å². The van der Waals surface area contributed by atoms with Crippen molar-refractivity contribution in [1.82, 2.24) is 14.3 Å². The number of amides is 2. The minimum absolute atomic E-state index is 0.0727. The van der Waals surface area contributed by atoms with Crippen molar-refractivity contribution in [2.75, 3.05) is 0 Å². The van der Waals surface area contributed by atoms with E-state index in [9.17, 15) is 29.4 Å². The number of imidazole rings is 1. The number of ketones is 1. The fraction of sp³-hybridized carbons (Fsp3) is 0.304. The van der Waals surface area contributed by atoms with E-state index in [0.29, 0.717) is 20.8 Å². The van der Waals surface area contributed by atoms with Crippen LogP contribution in [0.1, 0.15) is 34.8 Å². The van der Waals surface area contributed by atoms with E-state index < -0.39 is 35.8 Å². The Labute approximate surface area is 202 Å². The summed E-state index contributed by atoms with van der Waals surface area (Å²) in [6, 6.07) is 2.80. The van der Waals surface area contributed by atoms with Gasteiger partial charge in [-0.2, -0.15) is 4.57 Å². The largest absolute Gasteiger partial charge is 0.477 e. The van der Waals surface area contributed by atoms with E-state index in [4.69, 9.17) is 5.73 Å². The number of aromatic nitrogens is 3. The molecule has 2 aliphatic rings. The average Bonchev–Trinajstić information content (AvgIpc) is 3.42. The van der Waals surface area contributed by atoms with Crippen LogP contribution >= 0.6 is 11.3 Å². The van der Waals surface area contributed by atoms with Gasteiger partial charge in [-0.05, 0) is 13.0 Å². The summed E-state index contributed by atoms with van der Waals surface area (Å²) >= 11 is 1.21. The van der Waals surface area contributed by atoms with Gasteiger partial charge in [-0.3, -0.25) is 18.8 Å². The predicted octanol–water partition coefficient (Wildman–Crippen LogP) is 0.0528. The first kappa shape index (κ1) is 22.9. The molecule has 11 nitrogen and oxygen atoms in total. The molecular weight excluding hydrogens is 474 g/mol. The van der Waals surface area contributed by atoms with Crippen molar-refractivity contribution >= 4 is 45.3 Å². The van der Waals surface area contributed by atoms with Crippen LogP contribution < -0.4 is 10.3 Å². The lowest BCUT2D eigenvalue weighted by molar-refractivity contribution is -0.684. The van der Waals surface area contributed by atoms with Crippen LogP contribution in [0.15, 0.2) is 42.7 Å². The van der Waals surface area contributed by atoms with E-state index in [1.165, 1.54) is 40.3 Å². The van der Waals surface area contributed by atoms with Gasteiger partial charge in [-0.25, -0.2) is 9.78 Å². The zero-order chi connectivity index (χ0) is 25.2. The molecule has 0 unspecified atom stereocenters. The van der Waals surface area contributed by atoms with Crippen molar-refractivity contribution in [1.29, 1.82) is 0 Å². The highest BCUT2D eigenvalue weighted by atomic mass is 32.1. The molecule has 0 spiro atoms. The Hall–Kier alpha value is -3.90. The molecule has 35 heavy (non-hydrogen) atoms. The van der Waals surface area contributed by atoms with Gasteiger partial charge in [0, 0.05) is 23.8 Å². The van der Waals surface area contributed by atoms with E-state index in [2.05, 4.69) is 4.98 Å². The smallest absolute Gasteiger partial charge is 0.352 e. The number of nitrogens with two attached hydrogens (primary N) is 1. The summed E-state index contributed by atoms with van der Waals surface area (Å²) in [5.74, 6) is -3.51. The number of primary amides is 1. The minimum atomic E-state index is -1.22. The number of hydrogen-bond acceptors (Lipinski definition) is 7. The van der Waals surface area contributed by atoms with Crippen LogP contribution in [0, 0.1) is 11.8 Å². The van der Waals surface area contributed by atoms with Crippen LogP contribution in [0.4, 0.5) is 0 Å². The molecule has 0 bridgehead atoms. The van der Waals surface area contributed by atoms with E-state index in [-0.39, 0.29) is 29.6 Å². The maximum atomic E-state index is 13.2. The van der Waals surface area contributed by atoms with Crippen molar-refractivity contribution in [2.45, 2.75) is 32.5 Å². The molecule has 180 valence electrons. The number of pyridine rings is 1. The second-order valence-corrected chi connectivity index (χ2v) is 9.81. The average molecular weight is 497 g/mol. The summed E-state index contributed by atoms with van der Waals surface area (Å²) in [6.45, 7) is 3.29. The van der Waals surface area contributed by atoms with Gasteiger partial charge in [0.15, 0.2) is 12.4 Å². The van der Waals surface area contributed by atoms with Gasteiger partial charge in [0.1, 0.15) is 22.5 Å². The van der Waals surface area contributed by atoms with Gasteiger partial charge in [-0.15, -0.1) is 11.3 Å². The van der Waals surface area contributed by atoms with E-state index in [1.807, 2.05) is 6.92 Å². The number of β-lactam (4-membered cyclic amide) rings is 1. The molecule has 3 aromatic heterocycles. The molecule has 1 saturated heterocycles. The second-order valence-electron chi connectivity index (χ2n) is 8.78. The maximum Gasteiger partial charge on any atom is 0.352 e. The summed E-state index contributed by atoms with van der Waals surface area (Å²) in [6.07, 6.45) is 5.42. The topological polar surface area (TPSA) is 159 Å². The first-order valence-electron chi connectivity index (χ1n) is 10.9. The monoisotopic (exact) mass is 496 g/mol. The number of rotatable bonds is 7. The van der Waals surface area contributed by atoms with Crippen molar-refractivity contribution in [3.8, 4) is 0 Å². The van der Waals surface area contributed by atoms with Crippen molar-refractivity contribution < 1.29 is 34.0 Å². The third-order valence-corrected chi connectivity index (χ3v) is 7.67. The maximum absolute atomic E-state index is 13.2. The molecule has 5 rings (SSSR count). The van der Waals surface area contributed by atoms with Crippen LogP contribution in [0.2, 0.25) is 0 Å². The molecule has 0 aliphatic carbocycles. The zero-order valence-corrected chi connectivity index (χ0v) is 19.6. The number of carbonyl (C=O) groups is 4. The molecule has 12 heteroatoms. The van der Waals surface area contributed by atoms with Crippen molar-refractivity contribution in [3.05, 3.63) is 58.9 Å². The highest BCUT2D eigenvalue weighted by molar-refractivity contribution is 7.18. The predicted molar refractivity (Wildman–Crippen MR) is 122 cm³/mol. The van der Waals surface area contributed by atoms with Gasteiger partial charge >= 0.3 is 5.97 Å². The summed E-state index contributed by atoms with van der Waals surface area (Å²) in [4.78, 5) is 55.8. The Kier molecular flexibility index (Phi) is 5.29. The lowest BCUT2D eigenvalue weighted by Gasteiger charge is -2.46. The first-order chi connectivity index (χ1) is 16.6. The molecule has 2 amide bonds.